The second-order valence-electron chi connectivity index (χ2n) is 11.2. The monoisotopic (exact) mass is 600 g/mol. The number of piperazine rings is 1. The van der Waals surface area contributed by atoms with E-state index in [-0.39, 0.29) is 36.4 Å². The molecule has 6 rings (SSSR count). The van der Waals surface area contributed by atoms with Crippen molar-refractivity contribution in [1.29, 1.82) is 0 Å². The summed E-state index contributed by atoms with van der Waals surface area (Å²) in [6.07, 6.45) is 5.42. The second kappa shape index (κ2) is 11.8. The summed E-state index contributed by atoms with van der Waals surface area (Å²) in [6.45, 7) is 2.82. The molecule has 0 bridgehead atoms. The molecule has 0 saturated carbocycles. The third kappa shape index (κ3) is 6.04. The van der Waals surface area contributed by atoms with Crippen molar-refractivity contribution in [2.45, 2.75) is 68.2 Å². The molecule has 3 heterocycles. The Morgan fingerprint density at radius 3 is 2.61 bits per heavy atom. The van der Waals surface area contributed by atoms with E-state index in [4.69, 9.17) is 11.6 Å². The highest BCUT2D eigenvalue weighted by molar-refractivity contribution is 7.89. The van der Waals surface area contributed by atoms with Crippen molar-refractivity contribution in [1.82, 2.24) is 29.5 Å². The lowest BCUT2D eigenvalue weighted by molar-refractivity contribution is -0.126. The smallest absolute Gasteiger partial charge is 0.243 e. The van der Waals surface area contributed by atoms with Crippen LogP contribution in [0.4, 0.5) is 4.39 Å². The van der Waals surface area contributed by atoms with Crippen molar-refractivity contribution >= 4 is 27.5 Å². The van der Waals surface area contributed by atoms with E-state index in [9.17, 15) is 17.6 Å². The summed E-state index contributed by atoms with van der Waals surface area (Å²) < 4.78 is 43.5. The van der Waals surface area contributed by atoms with E-state index in [1.54, 1.807) is 0 Å². The molecule has 1 N–H and O–H groups in total. The van der Waals surface area contributed by atoms with Crippen LogP contribution in [0.2, 0.25) is 5.02 Å². The molecular formula is C29H34ClFN6O3S. The number of nitrogens with one attached hydrogen (secondary N) is 1. The summed E-state index contributed by atoms with van der Waals surface area (Å²) in [7, 11) is -3.92. The van der Waals surface area contributed by atoms with Gasteiger partial charge in [0, 0.05) is 50.4 Å². The van der Waals surface area contributed by atoms with Crippen LogP contribution < -0.4 is 5.32 Å². The Hall–Kier alpha value is -2.86. The summed E-state index contributed by atoms with van der Waals surface area (Å²) in [5.41, 5.74) is 4.30. The number of halogens is 2. The lowest BCUT2D eigenvalue weighted by atomic mass is 9.86. The molecule has 0 radical (unpaired) electrons. The molecule has 2 aromatic carbocycles. The number of hydrogen-bond donors (Lipinski definition) is 1. The maximum absolute atomic E-state index is 13.5. The van der Waals surface area contributed by atoms with Crippen molar-refractivity contribution in [2.75, 3.05) is 26.2 Å². The van der Waals surface area contributed by atoms with Gasteiger partial charge in [-0.25, -0.2) is 17.5 Å². The molecule has 2 saturated heterocycles. The second-order valence-corrected chi connectivity index (χ2v) is 13.5. The van der Waals surface area contributed by atoms with E-state index < -0.39 is 22.2 Å². The van der Waals surface area contributed by atoms with Gasteiger partial charge >= 0.3 is 0 Å². The first-order valence-corrected chi connectivity index (χ1v) is 16.0. The first-order chi connectivity index (χ1) is 19.8. The van der Waals surface area contributed by atoms with E-state index in [0.29, 0.717) is 23.6 Å². The van der Waals surface area contributed by atoms with Gasteiger partial charge in [-0.2, -0.15) is 4.31 Å². The minimum atomic E-state index is -3.92. The molecule has 1 aromatic heterocycles. The summed E-state index contributed by atoms with van der Waals surface area (Å²) in [5.74, 6) is -0.352. The van der Waals surface area contributed by atoms with Gasteiger partial charge in [0.1, 0.15) is 12.2 Å². The number of aryl methyl sites for hydroxylation is 1. The van der Waals surface area contributed by atoms with E-state index in [1.165, 1.54) is 45.3 Å². The number of rotatable bonds is 7. The van der Waals surface area contributed by atoms with E-state index >= 15 is 0 Å². The third-order valence-corrected chi connectivity index (χ3v) is 10.6. The Morgan fingerprint density at radius 2 is 1.83 bits per heavy atom. The van der Waals surface area contributed by atoms with Gasteiger partial charge in [-0.05, 0) is 73.1 Å². The molecule has 1 amide bonds. The predicted molar refractivity (Wildman–Crippen MR) is 153 cm³/mol. The predicted octanol–water partition coefficient (Wildman–Crippen LogP) is 3.52. The van der Waals surface area contributed by atoms with Gasteiger partial charge in [0.15, 0.2) is 0 Å². The Kier molecular flexibility index (Phi) is 8.13. The van der Waals surface area contributed by atoms with Crippen LogP contribution in [0.3, 0.4) is 0 Å². The molecule has 12 heteroatoms. The van der Waals surface area contributed by atoms with Gasteiger partial charge in [-0.15, -0.1) is 5.10 Å². The molecule has 3 aromatic rings. The average Bonchev–Trinajstić information content (AvgIpc) is 3.43. The summed E-state index contributed by atoms with van der Waals surface area (Å²) in [5, 5.41) is 12.0. The maximum atomic E-state index is 13.5. The van der Waals surface area contributed by atoms with E-state index in [0.717, 1.165) is 38.9 Å². The van der Waals surface area contributed by atoms with Gasteiger partial charge in [0.05, 0.1) is 16.6 Å². The molecule has 0 spiro atoms. The standard InChI is InChI=1S/C29H34ClFN6O3S/c30-22-5-7-25(8-6-22)41(39,40)37-15-12-32-29(38)28(37)17-24-19-36(34-33-24)27-3-1-2-21-16-20(4-9-26(21)27)18-35-13-10-23(31)11-14-35/h4-9,16,19,23,27-28H,1-3,10-15,17-18H2,(H,32,38)/t27-,28-/m1/s1. The lowest BCUT2D eigenvalue weighted by Crippen LogP contribution is -2.57. The summed E-state index contributed by atoms with van der Waals surface area (Å²) >= 11 is 5.95. The van der Waals surface area contributed by atoms with Gasteiger partial charge in [-0.1, -0.05) is 35.0 Å². The zero-order valence-corrected chi connectivity index (χ0v) is 24.3. The quantitative estimate of drug-likeness (QED) is 0.445. The lowest BCUT2D eigenvalue weighted by Gasteiger charge is -2.33. The van der Waals surface area contributed by atoms with Crippen LogP contribution in [0.5, 0.6) is 0 Å². The first kappa shape index (κ1) is 28.3. The molecule has 41 heavy (non-hydrogen) atoms. The molecule has 2 fully saturated rings. The van der Waals surface area contributed by atoms with Crippen LogP contribution >= 0.6 is 11.6 Å². The van der Waals surface area contributed by atoms with Crippen LogP contribution in [0.15, 0.2) is 53.6 Å². The number of piperidine rings is 1. The number of aromatic nitrogens is 3. The normalized spacial score (nSPS) is 22.8. The highest BCUT2D eigenvalue weighted by atomic mass is 35.5. The maximum Gasteiger partial charge on any atom is 0.243 e. The Labute approximate surface area is 244 Å². The number of nitrogens with zero attached hydrogens (tertiary/aromatic N) is 5. The topological polar surface area (TPSA) is 100 Å². The number of fused-ring (bicyclic) bond motifs is 1. The SMILES string of the molecule is O=C1NCCN(S(=O)(=O)c2ccc(Cl)cc2)[C@@H]1Cc1cn([C@@H]2CCCc3cc(CN4CCC(F)CC4)ccc32)nn1. The number of carbonyl (C=O) groups is 1. The number of hydrogen-bond acceptors (Lipinski definition) is 6. The van der Waals surface area contributed by atoms with Crippen LogP contribution in [-0.2, 0) is 34.2 Å². The first-order valence-electron chi connectivity index (χ1n) is 14.2. The van der Waals surface area contributed by atoms with E-state index in [2.05, 4.69) is 38.7 Å². The van der Waals surface area contributed by atoms with Gasteiger partial charge in [-0.3, -0.25) is 9.69 Å². The molecule has 3 aliphatic rings. The molecular weight excluding hydrogens is 567 g/mol. The number of benzene rings is 2. The summed E-state index contributed by atoms with van der Waals surface area (Å²) in [6, 6.07) is 11.6. The largest absolute Gasteiger partial charge is 0.353 e. The Morgan fingerprint density at radius 1 is 1.05 bits per heavy atom. The molecule has 2 atom stereocenters. The average molecular weight is 601 g/mol. The minimum Gasteiger partial charge on any atom is -0.353 e. The van der Waals surface area contributed by atoms with Gasteiger partial charge in [0.2, 0.25) is 15.9 Å². The molecule has 9 nitrogen and oxygen atoms in total. The third-order valence-electron chi connectivity index (χ3n) is 8.39. The van der Waals surface area contributed by atoms with Crippen molar-refractivity contribution in [2.24, 2.45) is 0 Å². The minimum absolute atomic E-state index is 0.0189. The van der Waals surface area contributed by atoms with Crippen LogP contribution in [0.1, 0.15) is 54.1 Å². The van der Waals surface area contributed by atoms with Crippen LogP contribution in [0.25, 0.3) is 0 Å². The summed E-state index contributed by atoms with van der Waals surface area (Å²) in [4.78, 5) is 15.3. The fourth-order valence-corrected chi connectivity index (χ4v) is 7.92. The highest BCUT2D eigenvalue weighted by Gasteiger charge is 2.39. The van der Waals surface area contributed by atoms with E-state index in [1.807, 2.05) is 10.9 Å². The number of amides is 1. The number of carbonyl (C=O) groups excluding carboxylic acids is 1. The van der Waals surface area contributed by atoms with Crippen molar-refractivity contribution in [3.8, 4) is 0 Å². The highest BCUT2D eigenvalue weighted by Crippen LogP contribution is 2.34. The zero-order valence-electron chi connectivity index (χ0n) is 22.8. The van der Waals surface area contributed by atoms with Crippen molar-refractivity contribution < 1.29 is 17.6 Å². The fraction of sp³-hybridized carbons (Fsp3) is 0.483. The number of likely N-dealkylation sites (tertiary alicyclic amines) is 1. The van der Waals surface area contributed by atoms with Gasteiger partial charge < -0.3 is 5.32 Å². The van der Waals surface area contributed by atoms with Crippen molar-refractivity contribution in [3.05, 3.63) is 76.1 Å². The van der Waals surface area contributed by atoms with Crippen LogP contribution in [-0.4, -0.2) is 76.9 Å². The molecule has 1 aliphatic carbocycles. The van der Waals surface area contributed by atoms with Crippen LogP contribution in [0, 0.1) is 0 Å². The molecule has 0 unspecified atom stereocenters. The molecule has 2 aliphatic heterocycles. The fourth-order valence-electron chi connectivity index (χ4n) is 6.21. The Balaban J connectivity index is 1.18. The number of alkyl halides is 1. The van der Waals surface area contributed by atoms with Gasteiger partial charge in [0.25, 0.3) is 0 Å². The van der Waals surface area contributed by atoms with Crippen molar-refractivity contribution in [3.63, 3.8) is 0 Å². The molecule has 218 valence electrons. The number of sulfonamides is 1. The zero-order chi connectivity index (χ0) is 28.6. The Bertz CT molecular complexity index is 1510.